The monoisotopic (exact) mass is 301 g/mol. The predicted octanol–water partition coefficient (Wildman–Crippen LogP) is 5.05. The molecule has 0 radical (unpaired) electrons. The Morgan fingerprint density at radius 1 is 1.11 bits per heavy atom. The number of hydrogen-bond donors (Lipinski definition) is 0. The third kappa shape index (κ3) is 2.69. The van der Waals surface area contributed by atoms with E-state index in [-0.39, 0.29) is 5.92 Å². The Labute approximate surface area is 123 Å². The summed E-state index contributed by atoms with van der Waals surface area (Å²) in [5.74, 6) is 0.0836. The molecule has 1 nitrogen and oxygen atoms in total. The summed E-state index contributed by atoms with van der Waals surface area (Å²) in [6, 6.07) is 8.19. The fourth-order valence-corrected chi connectivity index (χ4v) is 2.89. The Bertz CT molecular complexity index is 518. The molecule has 0 heterocycles. The summed E-state index contributed by atoms with van der Waals surface area (Å²) in [5, 5.41) is 1.94. The molecule has 2 rings (SSSR count). The van der Waals surface area contributed by atoms with E-state index in [1.807, 2.05) is 26.2 Å². The zero-order chi connectivity index (χ0) is 13.3. The van der Waals surface area contributed by atoms with Crippen LogP contribution in [0.3, 0.4) is 0 Å². The number of nitrogens with zero attached hydrogens (tertiary/aromatic N) is 1. The van der Waals surface area contributed by atoms with Crippen LogP contribution in [0, 0.1) is 0 Å². The maximum Gasteiger partial charge on any atom is 0.0563 e. The molecule has 1 unspecified atom stereocenters. The van der Waals surface area contributed by atoms with E-state index in [0.29, 0.717) is 16.5 Å². The van der Waals surface area contributed by atoms with Gasteiger partial charge >= 0.3 is 0 Å². The average Bonchev–Trinajstić information content (AvgIpc) is 2.34. The minimum Gasteiger partial charge on any atom is -0.377 e. The van der Waals surface area contributed by atoms with Gasteiger partial charge in [-0.3, -0.25) is 0 Å². The van der Waals surface area contributed by atoms with Gasteiger partial charge in [0.1, 0.15) is 0 Å². The lowest BCUT2D eigenvalue weighted by molar-refractivity contribution is 0.819. The van der Waals surface area contributed by atoms with Gasteiger partial charge in [0.25, 0.3) is 0 Å². The van der Waals surface area contributed by atoms with E-state index in [2.05, 4.69) is 17.0 Å². The second kappa shape index (κ2) is 5.56. The van der Waals surface area contributed by atoms with Crippen LogP contribution in [-0.2, 0) is 0 Å². The molecular weight excluding hydrogens is 289 g/mol. The molecule has 0 amide bonds. The van der Waals surface area contributed by atoms with Gasteiger partial charge in [0.05, 0.1) is 5.03 Å². The summed E-state index contributed by atoms with van der Waals surface area (Å²) in [5.41, 5.74) is 2.32. The minimum atomic E-state index is 0.0836. The van der Waals surface area contributed by atoms with Crippen LogP contribution in [0.4, 0.5) is 5.69 Å². The fraction of sp³-hybridized carbons (Fsp3) is 0.286. The molecule has 1 aromatic rings. The van der Waals surface area contributed by atoms with Crippen LogP contribution in [0.2, 0.25) is 0 Å². The Kier molecular flexibility index (Phi) is 4.26. The summed E-state index contributed by atoms with van der Waals surface area (Å²) in [6.45, 7) is 0. The molecule has 0 saturated heterocycles. The summed E-state index contributed by atoms with van der Waals surface area (Å²) in [4.78, 5) is 2.08. The Balaban J connectivity index is 2.43. The number of anilines is 1. The first kappa shape index (κ1) is 13.8. The number of para-hydroxylation sites is 1. The smallest absolute Gasteiger partial charge is 0.0563 e. The van der Waals surface area contributed by atoms with Gasteiger partial charge in [0.2, 0.25) is 0 Å². The molecule has 4 heteroatoms. The molecule has 18 heavy (non-hydrogen) atoms. The van der Waals surface area contributed by atoms with E-state index in [1.54, 1.807) is 6.08 Å². The van der Waals surface area contributed by atoms with E-state index >= 15 is 0 Å². The lowest BCUT2D eigenvalue weighted by Gasteiger charge is -2.26. The van der Waals surface area contributed by atoms with Crippen LogP contribution in [0.15, 0.2) is 45.4 Å². The molecule has 0 fully saturated rings. The van der Waals surface area contributed by atoms with Crippen LogP contribution in [0.25, 0.3) is 0 Å². The van der Waals surface area contributed by atoms with Crippen molar-refractivity contribution < 1.29 is 0 Å². The second-order valence-corrected chi connectivity index (χ2v) is 5.79. The molecule has 1 aromatic carbocycles. The quantitative estimate of drug-likeness (QED) is 0.739. The zero-order valence-electron chi connectivity index (χ0n) is 10.3. The highest BCUT2D eigenvalue weighted by Crippen LogP contribution is 2.43. The summed E-state index contributed by atoms with van der Waals surface area (Å²) < 4.78 is 0. The normalized spacial score (nSPS) is 19.8. The molecule has 1 atom stereocenters. The maximum absolute atomic E-state index is 6.32. The highest BCUT2D eigenvalue weighted by molar-refractivity contribution is 6.42. The van der Waals surface area contributed by atoms with Crippen molar-refractivity contribution in [3.05, 3.63) is 51.0 Å². The molecular formula is C14H14Cl3N. The first-order valence-electron chi connectivity index (χ1n) is 5.68. The standard InChI is InChI=1S/C14H14Cl3N/c1-18(2)14-6-4-3-5-9(14)10-7-12(16)13(17)8-11(10)15/h3-6,8,10H,7H2,1-2H3. The summed E-state index contributed by atoms with van der Waals surface area (Å²) in [6.07, 6.45) is 2.40. The van der Waals surface area contributed by atoms with Crippen molar-refractivity contribution in [2.45, 2.75) is 12.3 Å². The number of hydrogen-bond acceptors (Lipinski definition) is 1. The van der Waals surface area contributed by atoms with Gasteiger partial charge < -0.3 is 4.90 Å². The van der Waals surface area contributed by atoms with Gasteiger partial charge in [-0.05, 0) is 24.1 Å². The van der Waals surface area contributed by atoms with Crippen LogP contribution in [-0.4, -0.2) is 14.1 Å². The third-order valence-corrected chi connectivity index (χ3v) is 4.20. The molecule has 0 bridgehead atoms. The second-order valence-electron chi connectivity index (χ2n) is 4.49. The molecule has 1 aliphatic carbocycles. The zero-order valence-corrected chi connectivity index (χ0v) is 12.5. The predicted molar refractivity (Wildman–Crippen MR) is 80.8 cm³/mol. The first-order chi connectivity index (χ1) is 8.50. The van der Waals surface area contributed by atoms with E-state index < -0.39 is 0 Å². The topological polar surface area (TPSA) is 3.24 Å². The van der Waals surface area contributed by atoms with E-state index in [1.165, 1.54) is 5.56 Å². The Morgan fingerprint density at radius 3 is 2.44 bits per heavy atom. The summed E-state index contributed by atoms with van der Waals surface area (Å²) in [7, 11) is 4.04. The van der Waals surface area contributed by atoms with Crippen molar-refractivity contribution in [3.8, 4) is 0 Å². The summed E-state index contributed by atoms with van der Waals surface area (Å²) >= 11 is 18.5. The van der Waals surface area contributed by atoms with Crippen molar-refractivity contribution in [1.82, 2.24) is 0 Å². The van der Waals surface area contributed by atoms with Crippen LogP contribution in [0.5, 0.6) is 0 Å². The Morgan fingerprint density at radius 2 is 1.78 bits per heavy atom. The molecule has 0 aliphatic heterocycles. The van der Waals surface area contributed by atoms with Gasteiger partial charge in [0, 0.05) is 35.8 Å². The van der Waals surface area contributed by atoms with Gasteiger partial charge in [-0.15, -0.1) is 0 Å². The van der Waals surface area contributed by atoms with E-state index in [4.69, 9.17) is 34.8 Å². The Hall–Kier alpha value is -0.630. The highest BCUT2D eigenvalue weighted by Gasteiger charge is 2.24. The number of benzene rings is 1. The third-order valence-electron chi connectivity index (χ3n) is 3.03. The SMILES string of the molecule is CN(C)c1ccccc1C1CC(Cl)=C(Cl)C=C1Cl. The molecule has 0 N–H and O–H groups in total. The molecule has 0 spiro atoms. The van der Waals surface area contributed by atoms with Gasteiger partial charge in [-0.25, -0.2) is 0 Å². The van der Waals surface area contributed by atoms with Crippen LogP contribution in [0.1, 0.15) is 17.9 Å². The number of halogens is 3. The van der Waals surface area contributed by atoms with Gasteiger partial charge in [0.15, 0.2) is 0 Å². The van der Waals surface area contributed by atoms with Gasteiger partial charge in [-0.1, -0.05) is 53.0 Å². The number of rotatable bonds is 2. The maximum atomic E-state index is 6.32. The minimum absolute atomic E-state index is 0.0836. The van der Waals surface area contributed by atoms with Crippen molar-refractivity contribution in [1.29, 1.82) is 0 Å². The number of allylic oxidation sites excluding steroid dienone is 4. The van der Waals surface area contributed by atoms with E-state index in [0.717, 1.165) is 10.7 Å². The molecule has 96 valence electrons. The largest absolute Gasteiger partial charge is 0.377 e. The van der Waals surface area contributed by atoms with Crippen LogP contribution < -0.4 is 4.90 Å². The fourth-order valence-electron chi connectivity index (χ4n) is 2.12. The highest BCUT2D eigenvalue weighted by atomic mass is 35.5. The molecule has 1 aliphatic rings. The average molecular weight is 303 g/mol. The van der Waals surface area contributed by atoms with Crippen molar-refractivity contribution in [2.24, 2.45) is 0 Å². The van der Waals surface area contributed by atoms with Crippen molar-refractivity contribution >= 4 is 40.5 Å². The van der Waals surface area contributed by atoms with Gasteiger partial charge in [-0.2, -0.15) is 0 Å². The molecule has 0 saturated carbocycles. The van der Waals surface area contributed by atoms with Crippen LogP contribution >= 0.6 is 34.8 Å². The lowest BCUT2D eigenvalue weighted by atomic mass is 9.90. The molecule has 0 aromatic heterocycles. The van der Waals surface area contributed by atoms with Crippen molar-refractivity contribution in [3.63, 3.8) is 0 Å². The van der Waals surface area contributed by atoms with Crippen molar-refractivity contribution in [2.75, 3.05) is 19.0 Å². The first-order valence-corrected chi connectivity index (χ1v) is 6.81. The lowest BCUT2D eigenvalue weighted by Crippen LogP contribution is -2.14. The van der Waals surface area contributed by atoms with E-state index in [9.17, 15) is 0 Å².